The van der Waals surface area contributed by atoms with Gasteiger partial charge in [-0.15, -0.1) is 0 Å². The zero-order valence-corrected chi connectivity index (χ0v) is 18.6. The molecule has 1 unspecified atom stereocenters. The molecule has 1 fully saturated rings. The highest BCUT2D eigenvalue weighted by atomic mass is 16.2. The van der Waals surface area contributed by atoms with Crippen LogP contribution < -0.4 is 15.5 Å². The molecule has 5 rings (SSSR count). The van der Waals surface area contributed by atoms with Crippen LogP contribution in [-0.2, 0) is 16.0 Å². The summed E-state index contributed by atoms with van der Waals surface area (Å²) in [6, 6.07) is 13.0. The van der Waals surface area contributed by atoms with Crippen LogP contribution in [0.5, 0.6) is 0 Å². The number of rotatable bonds is 5. The number of hydrogen-bond acceptors (Lipinski definition) is 6. The van der Waals surface area contributed by atoms with Crippen LogP contribution in [0, 0.1) is 0 Å². The highest BCUT2D eigenvalue weighted by Crippen LogP contribution is 2.39. The SMILES string of the molecule is CCN[C@H]1Cc2ccccc2[C@@H]1N(C)c1ccc2c(c1)C(=O)N(C1CCC(=O)NC1=O)C2=O. The van der Waals surface area contributed by atoms with Gasteiger partial charge in [0.2, 0.25) is 11.8 Å². The summed E-state index contributed by atoms with van der Waals surface area (Å²) in [6.07, 6.45) is 1.17. The number of amides is 4. The first-order valence-electron chi connectivity index (χ1n) is 11.3. The largest absolute Gasteiger partial charge is 0.366 e. The first-order valence-corrected chi connectivity index (χ1v) is 11.3. The second kappa shape index (κ2) is 8.12. The maximum Gasteiger partial charge on any atom is 0.262 e. The molecule has 4 amide bonds. The molecule has 2 aromatic rings. The van der Waals surface area contributed by atoms with Gasteiger partial charge in [0.1, 0.15) is 6.04 Å². The quantitative estimate of drug-likeness (QED) is 0.680. The zero-order chi connectivity index (χ0) is 23.3. The minimum atomic E-state index is -0.962. The van der Waals surface area contributed by atoms with E-state index in [0.29, 0.717) is 5.56 Å². The third-order valence-electron chi connectivity index (χ3n) is 6.91. The van der Waals surface area contributed by atoms with Gasteiger partial charge in [0.05, 0.1) is 17.2 Å². The number of nitrogens with zero attached hydrogens (tertiary/aromatic N) is 2. The van der Waals surface area contributed by atoms with Crippen LogP contribution in [-0.4, -0.2) is 54.2 Å². The monoisotopic (exact) mass is 446 g/mol. The predicted molar refractivity (Wildman–Crippen MR) is 122 cm³/mol. The second-order valence-electron chi connectivity index (χ2n) is 8.80. The van der Waals surface area contributed by atoms with Crippen molar-refractivity contribution >= 4 is 29.3 Å². The lowest BCUT2D eigenvalue weighted by molar-refractivity contribution is -0.136. The topological polar surface area (TPSA) is 98.8 Å². The Morgan fingerprint density at radius 1 is 1.06 bits per heavy atom. The fourth-order valence-corrected chi connectivity index (χ4v) is 5.34. The van der Waals surface area contributed by atoms with E-state index in [4.69, 9.17) is 0 Å². The summed E-state index contributed by atoms with van der Waals surface area (Å²) in [5.74, 6) is -1.97. The van der Waals surface area contributed by atoms with Crippen molar-refractivity contribution in [1.29, 1.82) is 0 Å². The molecule has 0 bridgehead atoms. The van der Waals surface area contributed by atoms with E-state index in [1.165, 1.54) is 11.1 Å². The van der Waals surface area contributed by atoms with E-state index in [-0.39, 0.29) is 36.4 Å². The zero-order valence-electron chi connectivity index (χ0n) is 18.6. The fourth-order valence-electron chi connectivity index (χ4n) is 5.34. The Hall–Kier alpha value is -3.52. The molecule has 0 radical (unpaired) electrons. The minimum absolute atomic E-state index is 0.0812. The van der Waals surface area contributed by atoms with Crippen molar-refractivity contribution in [2.45, 2.75) is 44.3 Å². The number of fused-ring (bicyclic) bond motifs is 2. The Kier molecular flexibility index (Phi) is 5.25. The Bertz CT molecular complexity index is 1180. The Morgan fingerprint density at radius 3 is 2.58 bits per heavy atom. The molecule has 1 aliphatic carbocycles. The number of imide groups is 2. The number of piperidine rings is 1. The normalized spacial score (nSPS) is 24.1. The van der Waals surface area contributed by atoms with E-state index in [1.54, 1.807) is 12.1 Å². The first-order chi connectivity index (χ1) is 15.9. The minimum Gasteiger partial charge on any atom is -0.366 e. The molecule has 0 spiro atoms. The third-order valence-corrected chi connectivity index (χ3v) is 6.91. The van der Waals surface area contributed by atoms with Crippen LogP contribution in [0.25, 0.3) is 0 Å². The van der Waals surface area contributed by atoms with Crippen molar-refractivity contribution in [3.05, 3.63) is 64.7 Å². The van der Waals surface area contributed by atoms with Crippen molar-refractivity contribution in [1.82, 2.24) is 15.5 Å². The third kappa shape index (κ3) is 3.41. The van der Waals surface area contributed by atoms with Crippen molar-refractivity contribution in [2.24, 2.45) is 0 Å². The van der Waals surface area contributed by atoms with E-state index in [2.05, 4.69) is 34.6 Å². The highest BCUT2D eigenvalue weighted by molar-refractivity contribution is 6.23. The number of nitrogens with one attached hydrogen (secondary N) is 2. The van der Waals surface area contributed by atoms with Crippen molar-refractivity contribution in [2.75, 3.05) is 18.5 Å². The Morgan fingerprint density at radius 2 is 1.82 bits per heavy atom. The molecule has 2 N–H and O–H groups in total. The second-order valence-corrected chi connectivity index (χ2v) is 8.80. The molecule has 1 saturated heterocycles. The number of anilines is 1. The molecule has 8 nitrogen and oxygen atoms in total. The van der Waals surface area contributed by atoms with Gasteiger partial charge in [-0.25, -0.2) is 0 Å². The molecule has 8 heteroatoms. The summed E-state index contributed by atoms with van der Waals surface area (Å²) in [6.45, 7) is 2.93. The average Bonchev–Trinajstić information content (AvgIpc) is 3.28. The number of hydrogen-bond donors (Lipinski definition) is 2. The van der Waals surface area contributed by atoms with Gasteiger partial charge in [-0.2, -0.15) is 0 Å². The van der Waals surface area contributed by atoms with Gasteiger partial charge in [0.15, 0.2) is 0 Å². The standard InChI is InChI=1S/C25H26N4O4/c1-3-26-19-12-14-6-4-5-7-16(14)22(19)28(2)15-8-9-17-18(13-15)25(33)29(24(17)32)20-10-11-21(30)27-23(20)31/h4-9,13,19-20,22,26H,3,10-12H2,1-2H3,(H,27,30,31)/t19-,20?,22-/m0/s1. The van der Waals surface area contributed by atoms with Gasteiger partial charge in [0.25, 0.3) is 11.8 Å². The van der Waals surface area contributed by atoms with Gasteiger partial charge in [0, 0.05) is 25.2 Å². The van der Waals surface area contributed by atoms with Crippen LogP contribution in [0.1, 0.15) is 57.7 Å². The maximum atomic E-state index is 13.2. The summed E-state index contributed by atoms with van der Waals surface area (Å²) in [4.78, 5) is 53.1. The van der Waals surface area contributed by atoms with E-state index >= 15 is 0 Å². The van der Waals surface area contributed by atoms with Crippen LogP contribution in [0.15, 0.2) is 42.5 Å². The Balaban J connectivity index is 1.46. The number of likely N-dealkylation sites (N-methyl/N-ethyl adjacent to an activating group) is 2. The smallest absolute Gasteiger partial charge is 0.262 e. The van der Waals surface area contributed by atoms with Crippen LogP contribution in [0.4, 0.5) is 5.69 Å². The highest BCUT2D eigenvalue weighted by Gasteiger charge is 2.45. The molecule has 2 aliphatic heterocycles. The molecular formula is C25H26N4O4. The summed E-state index contributed by atoms with van der Waals surface area (Å²) in [5.41, 5.74) is 3.96. The number of carbonyl (C=O) groups excluding carboxylic acids is 4. The van der Waals surface area contributed by atoms with E-state index in [0.717, 1.165) is 23.6 Å². The fraction of sp³-hybridized carbons (Fsp3) is 0.360. The summed E-state index contributed by atoms with van der Waals surface area (Å²) < 4.78 is 0. The summed E-state index contributed by atoms with van der Waals surface area (Å²) in [7, 11) is 2.00. The van der Waals surface area contributed by atoms with Crippen molar-refractivity contribution < 1.29 is 19.2 Å². The lowest BCUT2D eigenvalue weighted by atomic mass is 10.0. The molecule has 33 heavy (non-hydrogen) atoms. The predicted octanol–water partition coefficient (Wildman–Crippen LogP) is 1.80. The van der Waals surface area contributed by atoms with Crippen molar-refractivity contribution in [3.63, 3.8) is 0 Å². The molecule has 3 atom stereocenters. The molecule has 2 heterocycles. The molecule has 0 aromatic heterocycles. The van der Waals surface area contributed by atoms with Gasteiger partial charge in [-0.3, -0.25) is 29.4 Å². The lowest BCUT2D eigenvalue weighted by Gasteiger charge is -2.33. The molecule has 2 aromatic carbocycles. The van der Waals surface area contributed by atoms with Crippen molar-refractivity contribution in [3.8, 4) is 0 Å². The average molecular weight is 447 g/mol. The number of carbonyl (C=O) groups is 4. The Labute approximate surface area is 191 Å². The van der Waals surface area contributed by atoms with Crippen LogP contribution in [0.2, 0.25) is 0 Å². The first kappa shape index (κ1) is 21.3. The van der Waals surface area contributed by atoms with Gasteiger partial charge >= 0.3 is 0 Å². The van der Waals surface area contributed by atoms with Crippen LogP contribution >= 0.6 is 0 Å². The van der Waals surface area contributed by atoms with Gasteiger partial charge in [-0.1, -0.05) is 31.2 Å². The lowest BCUT2D eigenvalue weighted by Crippen LogP contribution is -2.54. The van der Waals surface area contributed by atoms with E-state index < -0.39 is 23.8 Å². The molecular weight excluding hydrogens is 420 g/mol. The maximum absolute atomic E-state index is 13.2. The summed E-state index contributed by atoms with van der Waals surface area (Å²) >= 11 is 0. The van der Waals surface area contributed by atoms with Gasteiger partial charge in [-0.05, 0) is 48.7 Å². The molecule has 0 saturated carbocycles. The number of benzene rings is 2. The summed E-state index contributed by atoms with van der Waals surface area (Å²) in [5, 5.41) is 5.80. The van der Waals surface area contributed by atoms with Gasteiger partial charge < -0.3 is 10.2 Å². The van der Waals surface area contributed by atoms with E-state index in [9.17, 15) is 19.2 Å². The van der Waals surface area contributed by atoms with Crippen LogP contribution in [0.3, 0.4) is 0 Å². The molecule has 170 valence electrons. The molecule has 3 aliphatic rings. The van der Waals surface area contributed by atoms with E-state index in [1.807, 2.05) is 25.2 Å².